The van der Waals surface area contributed by atoms with Gasteiger partial charge in [0.15, 0.2) is 5.79 Å². The van der Waals surface area contributed by atoms with Crippen LogP contribution in [0.1, 0.15) is 31.1 Å². The zero-order valence-electron chi connectivity index (χ0n) is 14.8. The minimum atomic E-state index is -0.689. The molecule has 1 saturated heterocycles. The van der Waals surface area contributed by atoms with E-state index in [1.54, 1.807) is 0 Å². The Bertz CT molecular complexity index is 731. The first-order valence-corrected chi connectivity index (χ1v) is 8.44. The number of urea groups is 1. The predicted octanol–water partition coefficient (Wildman–Crippen LogP) is 4.01. The number of ether oxygens (including phenoxy) is 2. The fraction of sp³-hybridized carbons (Fsp3) is 0.350. The molecule has 2 unspecified atom stereocenters. The molecule has 5 nitrogen and oxygen atoms in total. The van der Waals surface area contributed by atoms with E-state index in [9.17, 15) is 4.79 Å². The van der Waals surface area contributed by atoms with Crippen molar-refractivity contribution >= 4 is 11.7 Å². The summed E-state index contributed by atoms with van der Waals surface area (Å²) in [4.78, 5) is 12.4. The summed E-state index contributed by atoms with van der Waals surface area (Å²) in [6.07, 6.45) is -0.271. The van der Waals surface area contributed by atoms with Crippen LogP contribution in [0.2, 0.25) is 0 Å². The summed E-state index contributed by atoms with van der Waals surface area (Å²) in [6, 6.07) is 17.0. The largest absolute Gasteiger partial charge is 0.348 e. The molecule has 0 aromatic heterocycles. The smallest absolute Gasteiger partial charge is 0.319 e. The molecule has 0 spiro atoms. The molecule has 1 fully saturated rings. The molecule has 2 amide bonds. The zero-order chi connectivity index (χ0) is 17.9. The Kier molecular flexibility index (Phi) is 5.06. The van der Waals surface area contributed by atoms with Crippen molar-refractivity contribution in [2.45, 2.75) is 38.7 Å². The predicted molar refractivity (Wildman–Crippen MR) is 97.4 cm³/mol. The van der Waals surface area contributed by atoms with Gasteiger partial charge in [-0.25, -0.2) is 4.79 Å². The quantitative estimate of drug-likeness (QED) is 0.887. The summed E-state index contributed by atoms with van der Waals surface area (Å²) in [6.45, 7) is 6.10. The Balaban J connectivity index is 1.73. The molecule has 0 radical (unpaired) electrons. The molecule has 0 aliphatic carbocycles. The molecular weight excluding hydrogens is 316 g/mol. The molecule has 2 N–H and O–H groups in total. The highest BCUT2D eigenvalue weighted by Crippen LogP contribution is 2.33. The maximum absolute atomic E-state index is 12.4. The third-order valence-corrected chi connectivity index (χ3v) is 4.22. The van der Waals surface area contributed by atoms with Gasteiger partial charge in [-0.3, -0.25) is 0 Å². The number of benzene rings is 2. The van der Waals surface area contributed by atoms with E-state index >= 15 is 0 Å². The summed E-state index contributed by atoms with van der Waals surface area (Å²) in [5, 5.41) is 5.87. The molecule has 1 aliphatic rings. The third-order valence-electron chi connectivity index (χ3n) is 4.22. The Morgan fingerprint density at radius 3 is 2.48 bits per heavy atom. The molecule has 132 valence electrons. The molecule has 3 rings (SSSR count). The maximum Gasteiger partial charge on any atom is 0.319 e. The number of carbonyl (C=O) groups is 1. The molecule has 2 aromatic carbocycles. The van der Waals surface area contributed by atoms with Crippen LogP contribution in [0.4, 0.5) is 10.5 Å². The molecule has 1 aliphatic heterocycles. The van der Waals surface area contributed by atoms with Gasteiger partial charge in [-0.2, -0.15) is 0 Å². The number of amides is 2. The van der Waals surface area contributed by atoms with Crippen LogP contribution in [0.15, 0.2) is 54.6 Å². The maximum atomic E-state index is 12.4. The van der Waals surface area contributed by atoms with E-state index in [0.29, 0.717) is 6.61 Å². The number of carbonyl (C=O) groups excluding carboxylic acids is 1. The van der Waals surface area contributed by atoms with Gasteiger partial charge in [0.05, 0.1) is 12.6 Å². The van der Waals surface area contributed by atoms with Gasteiger partial charge < -0.3 is 20.1 Å². The number of anilines is 1. The van der Waals surface area contributed by atoms with Crippen LogP contribution in [0.25, 0.3) is 0 Å². The van der Waals surface area contributed by atoms with Gasteiger partial charge in [-0.1, -0.05) is 48.5 Å². The van der Waals surface area contributed by atoms with Crippen LogP contribution in [0.5, 0.6) is 0 Å². The van der Waals surface area contributed by atoms with Gasteiger partial charge in [-0.05, 0) is 38.0 Å². The van der Waals surface area contributed by atoms with Crippen molar-refractivity contribution in [3.05, 3.63) is 65.7 Å². The summed E-state index contributed by atoms with van der Waals surface area (Å²) < 4.78 is 11.8. The summed E-state index contributed by atoms with van der Waals surface area (Å²) in [5.41, 5.74) is 2.81. The highest BCUT2D eigenvalue weighted by molar-refractivity contribution is 5.90. The zero-order valence-corrected chi connectivity index (χ0v) is 14.8. The van der Waals surface area contributed by atoms with Crippen molar-refractivity contribution in [3.63, 3.8) is 0 Å². The normalized spacial score (nSPS) is 22.2. The van der Waals surface area contributed by atoms with E-state index in [-0.39, 0.29) is 18.2 Å². The molecule has 0 saturated carbocycles. The van der Waals surface area contributed by atoms with Crippen LogP contribution in [0, 0.1) is 6.92 Å². The topological polar surface area (TPSA) is 59.6 Å². The average molecular weight is 340 g/mol. The van der Waals surface area contributed by atoms with E-state index in [0.717, 1.165) is 16.8 Å². The van der Waals surface area contributed by atoms with Gasteiger partial charge in [0, 0.05) is 5.69 Å². The number of hydrogen-bond donors (Lipinski definition) is 2. The van der Waals surface area contributed by atoms with Gasteiger partial charge in [0.2, 0.25) is 0 Å². The second-order valence-electron chi connectivity index (χ2n) is 6.68. The molecule has 1 heterocycles. The van der Waals surface area contributed by atoms with Gasteiger partial charge in [-0.15, -0.1) is 0 Å². The van der Waals surface area contributed by atoms with Crippen molar-refractivity contribution in [1.82, 2.24) is 5.32 Å². The lowest BCUT2D eigenvalue weighted by Crippen LogP contribution is -2.52. The Hall–Kier alpha value is -2.37. The second kappa shape index (κ2) is 7.25. The van der Waals surface area contributed by atoms with Gasteiger partial charge >= 0.3 is 6.03 Å². The number of hydrogen-bond acceptors (Lipinski definition) is 3. The van der Waals surface area contributed by atoms with Crippen molar-refractivity contribution in [2.75, 3.05) is 11.9 Å². The van der Waals surface area contributed by atoms with Crippen LogP contribution < -0.4 is 10.6 Å². The minimum Gasteiger partial charge on any atom is -0.348 e. The fourth-order valence-corrected chi connectivity index (χ4v) is 2.90. The first-order valence-electron chi connectivity index (χ1n) is 8.44. The number of aryl methyl sites for hydroxylation is 1. The highest BCUT2D eigenvalue weighted by atomic mass is 16.7. The van der Waals surface area contributed by atoms with Gasteiger partial charge in [0.1, 0.15) is 6.10 Å². The van der Waals surface area contributed by atoms with Crippen LogP contribution >= 0.6 is 0 Å². The fourth-order valence-electron chi connectivity index (χ4n) is 2.90. The number of nitrogens with one attached hydrogen (secondary N) is 2. The van der Waals surface area contributed by atoms with Crippen LogP contribution in [-0.4, -0.2) is 24.5 Å². The standard InChI is InChI=1S/C20H24N2O3/c1-14-9-7-8-12-16(14)21-19(23)22-17-13-24-20(2,3)25-18(17)15-10-5-4-6-11-15/h4-12,17-18H,13H2,1-3H3,(H2,21,22,23). The Morgan fingerprint density at radius 2 is 1.76 bits per heavy atom. The van der Waals surface area contributed by atoms with E-state index in [2.05, 4.69) is 10.6 Å². The molecule has 0 bridgehead atoms. The molecular formula is C20H24N2O3. The third kappa shape index (κ3) is 4.38. The van der Waals surface area contributed by atoms with Crippen molar-refractivity contribution in [2.24, 2.45) is 0 Å². The first-order chi connectivity index (χ1) is 11.9. The number of rotatable bonds is 3. The second-order valence-corrected chi connectivity index (χ2v) is 6.68. The molecule has 2 aromatic rings. The highest BCUT2D eigenvalue weighted by Gasteiger charge is 2.38. The minimum absolute atomic E-state index is 0.271. The van der Waals surface area contributed by atoms with E-state index in [4.69, 9.17) is 9.47 Å². The van der Waals surface area contributed by atoms with Gasteiger partial charge in [0.25, 0.3) is 0 Å². The molecule has 25 heavy (non-hydrogen) atoms. The monoisotopic (exact) mass is 340 g/mol. The first kappa shape index (κ1) is 17.5. The Morgan fingerprint density at radius 1 is 1.08 bits per heavy atom. The van der Waals surface area contributed by atoms with E-state index in [1.807, 2.05) is 75.4 Å². The van der Waals surface area contributed by atoms with Crippen molar-refractivity contribution in [3.8, 4) is 0 Å². The summed E-state index contributed by atoms with van der Waals surface area (Å²) in [7, 11) is 0. The lowest BCUT2D eigenvalue weighted by atomic mass is 10.0. The lowest BCUT2D eigenvalue weighted by molar-refractivity contribution is -0.284. The van der Waals surface area contributed by atoms with E-state index in [1.165, 1.54) is 0 Å². The van der Waals surface area contributed by atoms with Crippen LogP contribution in [-0.2, 0) is 9.47 Å². The van der Waals surface area contributed by atoms with E-state index < -0.39 is 5.79 Å². The summed E-state index contributed by atoms with van der Waals surface area (Å²) >= 11 is 0. The van der Waals surface area contributed by atoms with Crippen molar-refractivity contribution in [1.29, 1.82) is 0 Å². The molecule has 5 heteroatoms. The number of para-hydroxylation sites is 1. The Labute approximate surface area is 148 Å². The SMILES string of the molecule is Cc1ccccc1NC(=O)NC1COC(C)(C)OC1c1ccccc1. The average Bonchev–Trinajstić information content (AvgIpc) is 2.59. The van der Waals surface area contributed by atoms with Crippen LogP contribution in [0.3, 0.4) is 0 Å². The summed E-state index contributed by atoms with van der Waals surface area (Å²) in [5.74, 6) is -0.689. The molecule has 2 atom stereocenters. The lowest BCUT2D eigenvalue weighted by Gasteiger charge is -2.41. The van der Waals surface area contributed by atoms with Crippen molar-refractivity contribution < 1.29 is 14.3 Å².